The summed E-state index contributed by atoms with van der Waals surface area (Å²) in [5.41, 5.74) is 5.92. The van der Waals surface area contributed by atoms with Crippen molar-refractivity contribution in [3.8, 4) is 0 Å². The molecule has 1 aliphatic rings. The predicted octanol–water partition coefficient (Wildman–Crippen LogP) is 0.292. The van der Waals surface area contributed by atoms with Crippen molar-refractivity contribution in [1.82, 2.24) is 9.62 Å². The Balaban J connectivity index is 2.31. The first-order chi connectivity index (χ1) is 9.40. The van der Waals surface area contributed by atoms with Gasteiger partial charge in [0.2, 0.25) is 15.9 Å². The molecule has 0 unspecified atom stereocenters. The number of nitrogens with one attached hydrogen (secondary N) is 1. The molecule has 0 heterocycles. The van der Waals surface area contributed by atoms with E-state index in [1.165, 1.54) is 4.31 Å². The Bertz CT molecular complexity index is 407. The van der Waals surface area contributed by atoms with Crippen LogP contribution in [0, 0.1) is 5.92 Å². The zero-order valence-electron chi connectivity index (χ0n) is 12.5. The molecule has 6 nitrogen and oxygen atoms in total. The normalized spacial score (nSPS) is 23.2. The summed E-state index contributed by atoms with van der Waals surface area (Å²) in [6, 6.07) is 0.111. The van der Waals surface area contributed by atoms with Crippen molar-refractivity contribution in [3.05, 3.63) is 0 Å². The summed E-state index contributed by atoms with van der Waals surface area (Å²) >= 11 is 0. The molecule has 1 amide bonds. The summed E-state index contributed by atoms with van der Waals surface area (Å²) in [5.74, 6) is 0.105. The molecule has 0 saturated heterocycles. The van der Waals surface area contributed by atoms with Crippen molar-refractivity contribution in [2.45, 2.75) is 45.6 Å². The summed E-state index contributed by atoms with van der Waals surface area (Å²) in [6.45, 7) is 4.70. The molecule has 7 heteroatoms. The number of nitrogens with zero attached hydrogens (tertiary/aromatic N) is 1. The lowest BCUT2D eigenvalue weighted by atomic mass is 10.00. The summed E-state index contributed by atoms with van der Waals surface area (Å²) < 4.78 is 25.3. The number of carbonyl (C=O) groups is 1. The van der Waals surface area contributed by atoms with Crippen LogP contribution in [0.5, 0.6) is 0 Å². The fourth-order valence-corrected chi connectivity index (χ4v) is 4.10. The van der Waals surface area contributed by atoms with E-state index in [0.29, 0.717) is 19.5 Å². The van der Waals surface area contributed by atoms with E-state index in [0.717, 1.165) is 19.3 Å². The Hall–Kier alpha value is -0.660. The molecule has 0 aromatic rings. The Labute approximate surface area is 122 Å². The van der Waals surface area contributed by atoms with Gasteiger partial charge in [-0.15, -0.1) is 0 Å². The van der Waals surface area contributed by atoms with Gasteiger partial charge in [-0.2, -0.15) is 0 Å². The molecule has 0 aliphatic heterocycles. The molecule has 1 saturated carbocycles. The van der Waals surface area contributed by atoms with E-state index in [1.807, 2.05) is 0 Å². The topological polar surface area (TPSA) is 92.5 Å². The lowest BCUT2D eigenvalue weighted by Gasteiger charge is -2.19. The lowest BCUT2D eigenvalue weighted by Crippen LogP contribution is -2.38. The van der Waals surface area contributed by atoms with Crippen LogP contribution in [0.25, 0.3) is 0 Å². The first kappa shape index (κ1) is 17.4. The monoisotopic (exact) mass is 305 g/mol. The third kappa shape index (κ3) is 5.03. The van der Waals surface area contributed by atoms with Crippen LogP contribution in [0.3, 0.4) is 0 Å². The van der Waals surface area contributed by atoms with Crippen LogP contribution in [-0.4, -0.2) is 50.1 Å². The molecule has 20 heavy (non-hydrogen) atoms. The summed E-state index contributed by atoms with van der Waals surface area (Å²) in [4.78, 5) is 11.8. The van der Waals surface area contributed by atoms with Crippen LogP contribution in [0.2, 0.25) is 0 Å². The van der Waals surface area contributed by atoms with Crippen LogP contribution < -0.4 is 11.1 Å². The van der Waals surface area contributed by atoms with E-state index >= 15 is 0 Å². The first-order valence-electron chi connectivity index (χ1n) is 7.40. The maximum Gasteiger partial charge on any atom is 0.220 e. The van der Waals surface area contributed by atoms with Crippen LogP contribution in [-0.2, 0) is 14.8 Å². The number of amides is 1. The van der Waals surface area contributed by atoms with Crippen LogP contribution in [0.4, 0.5) is 0 Å². The molecule has 2 atom stereocenters. The second-order valence-electron chi connectivity index (χ2n) is 5.31. The van der Waals surface area contributed by atoms with Crippen LogP contribution >= 0.6 is 0 Å². The van der Waals surface area contributed by atoms with Gasteiger partial charge in [-0.3, -0.25) is 4.79 Å². The van der Waals surface area contributed by atoms with E-state index in [-0.39, 0.29) is 30.2 Å². The zero-order valence-corrected chi connectivity index (χ0v) is 13.3. The summed E-state index contributed by atoms with van der Waals surface area (Å²) in [6.07, 6.45) is 3.46. The third-order valence-corrected chi connectivity index (χ3v) is 5.97. The van der Waals surface area contributed by atoms with E-state index in [4.69, 9.17) is 5.73 Å². The van der Waals surface area contributed by atoms with Gasteiger partial charge in [0, 0.05) is 32.1 Å². The molecule has 0 spiro atoms. The second kappa shape index (κ2) is 7.95. The van der Waals surface area contributed by atoms with Gasteiger partial charge >= 0.3 is 0 Å². The maximum atomic E-state index is 11.9. The fourth-order valence-electron chi connectivity index (χ4n) is 2.69. The number of carbonyl (C=O) groups excluding carboxylic acids is 1. The Morgan fingerprint density at radius 1 is 1.30 bits per heavy atom. The Morgan fingerprint density at radius 3 is 2.45 bits per heavy atom. The van der Waals surface area contributed by atoms with Gasteiger partial charge in [0.25, 0.3) is 0 Å². The van der Waals surface area contributed by atoms with Gasteiger partial charge in [0.05, 0.1) is 5.75 Å². The second-order valence-corrected chi connectivity index (χ2v) is 7.40. The molecule has 1 fully saturated rings. The van der Waals surface area contributed by atoms with Crippen molar-refractivity contribution >= 4 is 15.9 Å². The van der Waals surface area contributed by atoms with Gasteiger partial charge < -0.3 is 11.1 Å². The number of sulfonamides is 1. The van der Waals surface area contributed by atoms with Crippen LogP contribution in [0.1, 0.15) is 39.5 Å². The summed E-state index contributed by atoms with van der Waals surface area (Å²) in [5, 5.41) is 2.69. The van der Waals surface area contributed by atoms with Gasteiger partial charge in [0.15, 0.2) is 0 Å². The number of hydrogen-bond acceptors (Lipinski definition) is 4. The van der Waals surface area contributed by atoms with Crippen molar-refractivity contribution in [2.24, 2.45) is 11.7 Å². The van der Waals surface area contributed by atoms with Crippen molar-refractivity contribution < 1.29 is 13.2 Å². The van der Waals surface area contributed by atoms with Gasteiger partial charge in [-0.1, -0.05) is 20.3 Å². The highest BCUT2D eigenvalue weighted by molar-refractivity contribution is 7.89. The SMILES string of the molecule is CCN(CC)S(=O)(=O)CCNC(=O)C[C@@H]1CCC[C@H]1N. The highest BCUT2D eigenvalue weighted by atomic mass is 32.2. The Kier molecular flexibility index (Phi) is 6.91. The maximum absolute atomic E-state index is 11.9. The molecule has 1 aliphatic carbocycles. The largest absolute Gasteiger partial charge is 0.355 e. The van der Waals surface area contributed by atoms with Gasteiger partial charge in [-0.25, -0.2) is 12.7 Å². The van der Waals surface area contributed by atoms with E-state index < -0.39 is 10.0 Å². The standard InChI is InChI=1S/C13H27N3O3S/c1-3-16(4-2)20(18,19)9-8-15-13(17)10-11-6-5-7-12(11)14/h11-12H,3-10,14H2,1-2H3,(H,15,17)/t11-,12+/m0/s1. The molecular formula is C13H27N3O3S. The minimum atomic E-state index is -3.26. The number of hydrogen-bond donors (Lipinski definition) is 2. The third-order valence-electron chi connectivity index (χ3n) is 3.95. The molecular weight excluding hydrogens is 278 g/mol. The van der Waals surface area contributed by atoms with Crippen molar-refractivity contribution in [2.75, 3.05) is 25.4 Å². The van der Waals surface area contributed by atoms with E-state index in [1.54, 1.807) is 13.8 Å². The van der Waals surface area contributed by atoms with Crippen LogP contribution in [0.15, 0.2) is 0 Å². The predicted molar refractivity (Wildman–Crippen MR) is 79.7 cm³/mol. The zero-order chi connectivity index (χ0) is 15.2. The lowest BCUT2D eigenvalue weighted by molar-refractivity contribution is -0.121. The molecule has 3 N–H and O–H groups in total. The minimum Gasteiger partial charge on any atom is -0.355 e. The highest BCUT2D eigenvalue weighted by Crippen LogP contribution is 2.26. The van der Waals surface area contributed by atoms with Crippen molar-refractivity contribution in [3.63, 3.8) is 0 Å². The summed E-state index contributed by atoms with van der Waals surface area (Å²) in [7, 11) is -3.26. The molecule has 0 aromatic carbocycles. The molecule has 0 bridgehead atoms. The van der Waals surface area contributed by atoms with Crippen molar-refractivity contribution in [1.29, 1.82) is 0 Å². The fraction of sp³-hybridized carbons (Fsp3) is 0.923. The molecule has 1 rings (SSSR count). The van der Waals surface area contributed by atoms with E-state index in [9.17, 15) is 13.2 Å². The molecule has 118 valence electrons. The molecule has 0 radical (unpaired) electrons. The van der Waals surface area contributed by atoms with E-state index in [2.05, 4.69) is 5.32 Å². The first-order valence-corrected chi connectivity index (χ1v) is 9.01. The number of nitrogens with two attached hydrogens (primary N) is 1. The smallest absolute Gasteiger partial charge is 0.220 e. The minimum absolute atomic E-state index is 0.0445. The quantitative estimate of drug-likeness (QED) is 0.674. The molecule has 0 aromatic heterocycles. The van der Waals surface area contributed by atoms with Gasteiger partial charge in [-0.05, 0) is 18.8 Å². The number of rotatable bonds is 8. The average Bonchev–Trinajstić information content (AvgIpc) is 2.75. The van der Waals surface area contributed by atoms with Gasteiger partial charge in [0.1, 0.15) is 0 Å². The Morgan fingerprint density at radius 2 is 1.95 bits per heavy atom. The average molecular weight is 305 g/mol. The highest BCUT2D eigenvalue weighted by Gasteiger charge is 2.26.